The summed E-state index contributed by atoms with van der Waals surface area (Å²) in [6, 6.07) is 8.48. The van der Waals surface area contributed by atoms with E-state index in [1.165, 1.54) is 12.1 Å². The maximum Gasteiger partial charge on any atom is 0.416 e. The van der Waals surface area contributed by atoms with Crippen molar-refractivity contribution in [3.05, 3.63) is 71.2 Å². The van der Waals surface area contributed by atoms with Crippen molar-refractivity contribution >= 4 is 11.6 Å². The Kier molecular flexibility index (Phi) is 4.67. The van der Waals surface area contributed by atoms with Crippen LogP contribution < -0.4 is 5.32 Å². The van der Waals surface area contributed by atoms with Gasteiger partial charge >= 0.3 is 6.18 Å². The van der Waals surface area contributed by atoms with Crippen molar-refractivity contribution in [2.24, 2.45) is 0 Å². The van der Waals surface area contributed by atoms with E-state index in [9.17, 15) is 18.0 Å². The van der Waals surface area contributed by atoms with E-state index < -0.39 is 17.6 Å². The highest BCUT2D eigenvalue weighted by molar-refractivity contribution is 5.93. The molecule has 132 valence electrons. The number of imidazole rings is 1. The minimum Gasteiger partial charge on any atom is -0.340 e. The molecule has 0 aliphatic carbocycles. The maximum absolute atomic E-state index is 12.6. The monoisotopic (exact) mass is 357 g/mol. The van der Waals surface area contributed by atoms with Crippen LogP contribution in [0.1, 0.15) is 27.2 Å². The Bertz CT molecular complexity index is 1030. The number of hydrogen-bond donors (Lipinski definition) is 1. The summed E-state index contributed by atoms with van der Waals surface area (Å²) in [5, 5.41) is 2.58. The third kappa shape index (κ3) is 4.03. The smallest absolute Gasteiger partial charge is 0.340 e. The van der Waals surface area contributed by atoms with Gasteiger partial charge in [-0.15, -0.1) is 0 Å². The van der Waals surface area contributed by atoms with Crippen LogP contribution in [0.2, 0.25) is 0 Å². The molecule has 26 heavy (non-hydrogen) atoms. The van der Waals surface area contributed by atoms with Gasteiger partial charge in [-0.1, -0.05) is 17.9 Å². The first kappa shape index (κ1) is 17.5. The maximum atomic E-state index is 12.6. The molecule has 1 amide bonds. The third-order valence-corrected chi connectivity index (χ3v) is 3.61. The van der Waals surface area contributed by atoms with Crippen molar-refractivity contribution in [1.29, 1.82) is 0 Å². The van der Waals surface area contributed by atoms with Crippen LogP contribution in [-0.2, 0) is 6.18 Å². The molecule has 2 heterocycles. The molecule has 0 saturated carbocycles. The van der Waals surface area contributed by atoms with Crippen molar-refractivity contribution < 1.29 is 18.0 Å². The highest BCUT2D eigenvalue weighted by atomic mass is 19.4. The Hall–Kier alpha value is -3.27. The second kappa shape index (κ2) is 6.92. The van der Waals surface area contributed by atoms with Crippen LogP contribution in [0.4, 0.5) is 13.2 Å². The number of benzene rings is 1. The van der Waals surface area contributed by atoms with E-state index >= 15 is 0 Å². The molecule has 0 spiro atoms. The number of carbonyl (C=O) groups is 1. The second-order valence-corrected chi connectivity index (χ2v) is 5.66. The van der Waals surface area contributed by atoms with E-state index in [4.69, 9.17) is 0 Å². The molecule has 3 aromatic rings. The van der Waals surface area contributed by atoms with E-state index in [1.807, 2.05) is 25.3 Å². The standard InChI is InChI=1S/C19H14F3N3O/c1-13-7-9-25-12-16(24-17(25)10-13)18(26)23-8-3-5-14-4-2-6-15(11-14)19(20,21)22/h2,4,6-7,9-12H,8H2,1H3,(H,23,26). The number of halogens is 3. The SMILES string of the molecule is Cc1ccn2cc(C(=O)NCC#Cc3cccc(C(F)(F)F)c3)nc2c1. The molecule has 0 atom stereocenters. The van der Waals surface area contributed by atoms with Gasteiger partial charge in [0.2, 0.25) is 0 Å². The van der Waals surface area contributed by atoms with Crippen molar-refractivity contribution in [2.75, 3.05) is 6.54 Å². The van der Waals surface area contributed by atoms with Crippen LogP contribution in [0.3, 0.4) is 0 Å². The zero-order chi connectivity index (χ0) is 18.7. The molecule has 4 nitrogen and oxygen atoms in total. The van der Waals surface area contributed by atoms with Gasteiger partial charge in [0.25, 0.3) is 5.91 Å². The van der Waals surface area contributed by atoms with Gasteiger partial charge in [-0.3, -0.25) is 4.79 Å². The van der Waals surface area contributed by atoms with Gasteiger partial charge in [-0.2, -0.15) is 13.2 Å². The fourth-order valence-corrected chi connectivity index (χ4v) is 2.33. The number of carbonyl (C=O) groups excluding carboxylic acids is 1. The Morgan fingerprint density at radius 1 is 1.27 bits per heavy atom. The van der Waals surface area contributed by atoms with E-state index in [0.29, 0.717) is 5.65 Å². The highest BCUT2D eigenvalue weighted by Crippen LogP contribution is 2.29. The van der Waals surface area contributed by atoms with Crippen molar-refractivity contribution in [2.45, 2.75) is 13.1 Å². The highest BCUT2D eigenvalue weighted by Gasteiger charge is 2.30. The molecule has 7 heteroatoms. The van der Waals surface area contributed by atoms with Gasteiger partial charge in [-0.05, 0) is 42.8 Å². The average Bonchev–Trinajstić information content (AvgIpc) is 3.01. The van der Waals surface area contributed by atoms with Crippen LogP contribution in [-0.4, -0.2) is 21.8 Å². The number of hydrogen-bond acceptors (Lipinski definition) is 2. The summed E-state index contributed by atoms with van der Waals surface area (Å²) in [5.74, 6) is 4.85. The lowest BCUT2D eigenvalue weighted by Gasteiger charge is -2.05. The molecule has 0 aliphatic rings. The zero-order valence-electron chi connectivity index (χ0n) is 13.8. The molecule has 0 aliphatic heterocycles. The minimum absolute atomic E-state index is 0.00196. The largest absolute Gasteiger partial charge is 0.416 e. The summed E-state index contributed by atoms with van der Waals surface area (Å²) < 4.78 is 39.7. The number of alkyl halides is 3. The van der Waals surface area contributed by atoms with E-state index in [1.54, 1.807) is 10.6 Å². The predicted octanol–water partition coefficient (Wildman–Crippen LogP) is 3.44. The van der Waals surface area contributed by atoms with Crippen LogP contribution in [0.5, 0.6) is 0 Å². The molecule has 3 rings (SSSR count). The number of nitrogens with zero attached hydrogens (tertiary/aromatic N) is 2. The third-order valence-electron chi connectivity index (χ3n) is 3.61. The summed E-state index contributed by atoms with van der Waals surface area (Å²) in [4.78, 5) is 16.3. The van der Waals surface area contributed by atoms with Gasteiger partial charge in [0.15, 0.2) is 0 Å². The number of amides is 1. The molecule has 0 saturated heterocycles. The zero-order valence-corrected chi connectivity index (χ0v) is 13.8. The first-order valence-corrected chi connectivity index (χ1v) is 7.72. The number of fused-ring (bicyclic) bond motifs is 1. The van der Waals surface area contributed by atoms with Crippen molar-refractivity contribution in [3.63, 3.8) is 0 Å². The van der Waals surface area contributed by atoms with Gasteiger partial charge in [0.1, 0.15) is 11.3 Å². The number of aryl methyl sites for hydroxylation is 1. The minimum atomic E-state index is -4.41. The number of aromatic nitrogens is 2. The molecule has 1 N–H and O–H groups in total. The Morgan fingerprint density at radius 2 is 2.08 bits per heavy atom. The number of pyridine rings is 1. The van der Waals surface area contributed by atoms with Gasteiger partial charge in [-0.25, -0.2) is 4.98 Å². The summed E-state index contributed by atoms with van der Waals surface area (Å²) in [7, 11) is 0. The van der Waals surface area contributed by atoms with Crippen LogP contribution in [0, 0.1) is 18.8 Å². The van der Waals surface area contributed by atoms with Crippen LogP contribution in [0.15, 0.2) is 48.8 Å². The topological polar surface area (TPSA) is 46.4 Å². The molecule has 2 aromatic heterocycles. The summed E-state index contributed by atoms with van der Waals surface area (Å²) in [5.41, 5.74) is 1.41. The number of nitrogens with one attached hydrogen (secondary N) is 1. The van der Waals surface area contributed by atoms with Gasteiger partial charge in [0, 0.05) is 18.0 Å². The lowest BCUT2D eigenvalue weighted by atomic mass is 10.1. The van der Waals surface area contributed by atoms with E-state index in [-0.39, 0.29) is 17.8 Å². The summed E-state index contributed by atoms with van der Waals surface area (Å²) in [6.07, 6.45) is -1.00. The first-order chi connectivity index (χ1) is 12.3. The van der Waals surface area contributed by atoms with E-state index in [0.717, 1.165) is 17.7 Å². The lowest BCUT2D eigenvalue weighted by molar-refractivity contribution is -0.137. The summed E-state index contributed by atoms with van der Waals surface area (Å²) in [6.45, 7) is 1.93. The molecule has 0 unspecified atom stereocenters. The fraction of sp³-hybridized carbons (Fsp3) is 0.158. The normalized spacial score (nSPS) is 11.1. The Morgan fingerprint density at radius 3 is 2.85 bits per heavy atom. The van der Waals surface area contributed by atoms with Crippen molar-refractivity contribution in [3.8, 4) is 11.8 Å². The molecule has 1 aromatic carbocycles. The predicted molar refractivity (Wildman–Crippen MR) is 90.6 cm³/mol. The van der Waals surface area contributed by atoms with Crippen LogP contribution in [0.25, 0.3) is 5.65 Å². The average molecular weight is 357 g/mol. The number of rotatable bonds is 2. The van der Waals surface area contributed by atoms with Gasteiger partial charge < -0.3 is 9.72 Å². The van der Waals surface area contributed by atoms with Crippen LogP contribution >= 0.6 is 0 Å². The Labute approximate surface area is 147 Å². The lowest BCUT2D eigenvalue weighted by Crippen LogP contribution is -2.23. The molecule has 0 bridgehead atoms. The van der Waals surface area contributed by atoms with E-state index in [2.05, 4.69) is 22.1 Å². The fourth-order valence-electron chi connectivity index (χ4n) is 2.33. The summed E-state index contributed by atoms with van der Waals surface area (Å²) >= 11 is 0. The Balaban J connectivity index is 1.64. The molecular weight excluding hydrogens is 343 g/mol. The first-order valence-electron chi connectivity index (χ1n) is 7.72. The second-order valence-electron chi connectivity index (χ2n) is 5.66. The molecule has 0 fully saturated rings. The van der Waals surface area contributed by atoms with Crippen molar-refractivity contribution in [1.82, 2.24) is 14.7 Å². The molecular formula is C19H14F3N3O. The quantitative estimate of drug-likeness (QED) is 0.714. The van der Waals surface area contributed by atoms with Gasteiger partial charge in [0.05, 0.1) is 12.1 Å². The molecule has 0 radical (unpaired) electrons.